The van der Waals surface area contributed by atoms with Gasteiger partial charge in [-0.1, -0.05) is 0 Å². The molecule has 0 spiro atoms. The lowest BCUT2D eigenvalue weighted by molar-refractivity contribution is 0.460. The monoisotopic (exact) mass is 396 g/mol. The molecule has 0 saturated carbocycles. The minimum Gasteiger partial charge on any atom is -0.336 e. The van der Waals surface area contributed by atoms with E-state index in [0.29, 0.717) is 11.7 Å². The van der Waals surface area contributed by atoms with Crippen molar-refractivity contribution < 1.29 is 0 Å². The second kappa shape index (κ2) is 7.00. The third-order valence-electron chi connectivity index (χ3n) is 5.81. The molecule has 0 aromatic carbocycles. The summed E-state index contributed by atoms with van der Waals surface area (Å²) in [4.78, 5) is 21.6. The average molecular weight is 396 g/mol. The van der Waals surface area contributed by atoms with Crippen molar-refractivity contribution in [1.82, 2.24) is 40.4 Å². The zero-order valence-corrected chi connectivity index (χ0v) is 16.3. The quantitative estimate of drug-likeness (QED) is 0.431. The number of pyridine rings is 3. The first-order valence-electron chi connectivity index (χ1n) is 10.2. The van der Waals surface area contributed by atoms with Gasteiger partial charge < -0.3 is 10.3 Å². The van der Waals surface area contributed by atoms with E-state index >= 15 is 0 Å². The van der Waals surface area contributed by atoms with E-state index in [-0.39, 0.29) is 0 Å². The summed E-state index contributed by atoms with van der Waals surface area (Å²) in [6.45, 7) is 2.10. The number of hydrogen-bond donors (Lipinski definition) is 3. The fraction of sp³-hybridized carbons (Fsp3) is 0.227. The fourth-order valence-corrected chi connectivity index (χ4v) is 4.24. The normalized spacial score (nSPS) is 15.2. The third kappa shape index (κ3) is 2.84. The Morgan fingerprint density at radius 1 is 0.967 bits per heavy atom. The molecule has 5 aromatic heterocycles. The van der Waals surface area contributed by atoms with Gasteiger partial charge in [-0.25, -0.2) is 9.97 Å². The molecule has 1 aliphatic heterocycles. The Labute approximate surface area is 172 Å². The number of fused-ring (bicyclic) bond motifs is 2. The number of nitrogens with zero attached hydrogens (tertiary/aromatic N) is 5. The molecule has 6 heterocycles. The molecule has 148 valence electrons. The molecular weight excluding hydrogens is 376 g/mol. The van der Waals surface area contributed by atoms with Gasteiger partial charge in [0.1, 0.15) is 11.2 Å². The van der Waals surface area contributed by atoms with Crippen LogP contribution in [0.5, 0.6) is 0 Å². The van der Waals surface area contributed by atoms with Crippen LogP contribution in [0.4, 0.5) is 0 Å². The van der Waals surface area contributed by atoms with E-state index in [1.54, 1.807) is 18.6 Å². The van der Waals surface area contributed by atoms with Crippen LogP contribution >= 0.6 is 0 Å². The van der Waals surface area contributed by atoms with Crippen LogP contribution in [0.3, 0.4) is 0 Å². The summed E-state index contributed by atoms with van der Waals surface area (Å²) < 4.78 is 0. The van der Waals surface area contributed by atoms with E-state index in [1.807, 2.05) is 24.4 Å². The van der Waals surface area contributed by atoms with Crippen molar-refractivity contribution >= 4 is 22.1 Å². The minimum absolute atomic E-state index is 0.531. The van der Waals surface area contributed by atoms with Crippen molar-refractivity contribution in [2.75, 3.05) is 13.1 Å². The maximum absolute atomic E-state index is 4.86. The first-order chi connectivity index (χ1) is 14.9. The molecule has 8 nitrogen and oxygen atoms in total. The molecule has 0 amide bonds. The molecule has 0 bridgehead atoms. The second-order valence-corrected chi connectivity index (χ2v) is 7.64. The zero-order chi connectivity index (χ0) is 19.9. The SMILES string of the molecule is c1cncc(-c2nccc3[nH]c(-c4n[nH]c5ncc(C6CCNCC6)cc45)nc23)c1. The van der Waals surface area contributed by atoms with Crippen molar-refractivity contribution in [2.24, 2.45) is 0 Å². The molecular formula is C22H20N8. The Hall–Kier alpha value is -3.65. The number of imidazole rings is 1. The van der Waals surface area contributed by atoms with Crippen LogP contribution in [0.1, 0.15) is 24.3 Å². The van der Waals surface area contributed by atoms with Crippen molar-refractivity contribution in [3.05, 3.63) is 54.6 Å². The Morgan fingerprint density at radius 2 is 1.90 bits per heavy atom. The number of rotatable bonds is 3. The summed E-state index contributed by atoms with van der Waals surface area (Å²) >= 11 is 0. The van der Waals surface area contributed by atoms with Gasteiger partial charge in [-0.05, 0) is 61.7 Å². The molecule has 1 aliphatic rings. The maximum Gasteiger partial charge on any atom is 0.159 e. The molecule has 30 heavy (non-hydrogen) atoms. The third-order valence-corrected chi connectivity index (χ3v) is 5.81. The molecule has 6 rings (SSSR count). The van der Waals surface area contributed by atoms with Crippen LogP contribution in [0.25, 0.3) is 44.8 Å². The summed E-state index contributed by atoms with van der Waals surface area (Å²) in [7, 11) is 0. The van der Waals surface area contributed by atoms with Gasteiger partial charge in [-0.15, -0.1) is 0 Å². The zero-order valence-electron chi connectivity index (χ0n) is 16.3. The van der Waals surface area contributed by atoms with E-state index in [9.17, 15) is 0 Å². The van der Waals surface area contributed by atoms with Gasteiger partial charge in [0.05, 0.1) is 16.6 Å². The van der Waals surface area contributed by atoms with Crippen molar-refractivity contribution in [1.29, 1.82) is 0 Å². The van der Waals surface area contributed by atoms with Gasteiger partial charge in [0.2, 0.25) is 0 Å². The van der Waals surface area contributed by atoms with Gasteiger partial charge in [0.25, 0.3) is 0 Å². The first kappa shape index (κ1) is 17.2. The summed E-state index contributed by atoms with van der Waals surface area (Å²) in [6, 6.07) is 8.03. The molecule has 0 atom stereocenters. The van der Waals surface area contributed by atoms with Gasteiger partial charge in [-0.2, -0.15) is 5.10 Å². The lowest BCUT2D eigenvalue weighted by Gasteiger charge is -2.22. The van der Waals surface area contributed by atoms with Crippen LogP contribution in [0.15, 0.2) is 49.1 Å². The highest BCUT2D eigenvalue weighted by molar-refractivity contribution is 5.95. The van der Waals surface area contributed by atoms with Crippen molar-refractivity contribution in [3.8, 4) is 22.8 Å². The summed E-state index contributed by atoms with van der Waals surface area (Å²) in [5.41, 5.74) is 6.27. The molecule has 0 radical (unpaired) electrons. The van der Waals surface area contributed by atoms with Crippen molar-refractivity contribution in [3.63, 3.8) is 0 Å². The maximum atomic E-state index is 4.86. The van der Waals surface area contributed by atoms with Crippen LogP contribution in [0, 0.1) is 0 Å². The summed E-state index contributed by atoms with van der Waals surface area (Å²) in [5.74, 6) is 1.24. The van der Waals surface area contributed by atoms with Crippen LogP contribution in [0.2, 0.25) is 0 Å². The van der Waals surface area contributed by atoms with E-state index < -0.39 is 0 Å². The molecule has 1 saturated heterocycles. The van der Waals surface area contributed by atoms with Gasteiger partial charge in [0.15, 0.2) is 11.5 Å². The van der Waals surface area contributed by atoms with E-state index in [1.165, 1.54) is 5.56 Å². The number of piperidine rings is 1. The lowest BCUT2D eigenvalue weighted by atomic mass is 9.91. The average Bonchev–Trinajstić information content (AvgIpc) is 3.43. The largest absolute Gasteiger partial charge is 0.336 e. The second-order valence-electron chi connectivity index (χ2n) is 7.64. The number of nitrogens with one attached hydrogen (secondary N) is 3. The van der Waals surface area contributed by atoms with Crippen LogP contribution in [-0.4, -0.2) is 48.2 Å². The number of aromatic amines is 2. The molecule has 0 unspecified atom stereocenters. The Bertz CT molecular complexity index is 1330. The molecule has 3 N–H and O–H groups in total. The Morgan fingerprint density at radius 3 is 2.77 bits per heavy atom. The van der Waals surface area contributed by atoms with E-state index in [4.69, 9.17) is 4.98 Å². The lowest BCUT2D eigenvalue weighted by Crippen LogP contribution is -2.26. The van der Waals surface area contributed by atoms with Crippen molar-refractivity contribution in [2.45, 2.75) is 18.8 Å². The van der Waals surface area contributed by atoms with Crippen LogP contribution < -0.4 is 5.32 Å². The highest BCUT2D eigenvalue weighted by atomic mass is 15.2. The number of hydrogen-bond acceptors (Lipinski definition) is 6. The number of aromatic nitrogens is 7. The topological polar surface area (TPSA) is 108 Å². The molecule has 5 aromatic rings. The minimum atomic E-state index is 0.531. The van der Waals surface area contributed by atoms with E-state index in [2.05, 4.69) is 41.5 Å². The van der Waals surface area contributed by atoms with Crippen LogP contribution in [-0.2, 0) is 0 Å². The standard InChI is InChI=1S/C22H20N8/c1-2-14(11-24-6-1)18-20-17(5-9-25-18)27-22(28-20)19-16-10-15(12-26-21(16)30-29-19)13-3-7-23-8-4-13/h1-2,5-6,9-13,23H,3-4,7-8H2,(H,27,28)(H,26,29,30). The summed E-state index contributed by atoms with van der Waals surface area (Å²) in [5, 5.41) is 12.0. The highest BCUT2D eigenvalue weighted by Gasteiger charge is 2.20. The van der Waals surface area contributed by atoms with Gasteiger partial charge in [-0.3, -0.25) is 15.1 Å². The Kier molecular flexibility index (Phi) is 4.02. The smallest absolute Gasteiger partial charge is 0.159 e. The molecule has 1 fully saturated rings. The highest BCUT2D eigenvalue weighted by Crippen LogP contribution is 2.32. The first-order valence-corrected chi connectivity index (χ1v) is 10.2. The fourth-order valence-electron chi connectivity index (χ4n) is 4.24. The predicted molar refractivity (Wildman–Crippen MR) is 115 cm³/mol. The predicted octanol–water partition coefficient (Wildman–Crippen LogP) is 3.43. The molecule has 8 heteroatoms. The van der Waals surface area contributed by atoms with Gasteiger partial charge in [0, 0.05) is 30.4 Å². The Balaban J connectivity index is 1.47. The van der Waals surface area contributed by atoms with Gasteiger partial charge >= 0.3 is 0 Å². The number of H-pyrrole nitrogens is 2. The summed E-state index contributed by atoms with van der Waals surface area (Å²) in [6.07, 6.45) is 9.57. The molecule has 0 aliphatic carbocycles. The van der Waals surface area contributed by atoms with E-state index in [0.717, 1.165) is 64.9 Å².